The zero-order valence-electron chi connectivity index (χ0n) is 15.6. The Morgan fingerprint density at radius 2 is 2.07 bits per heavy atom. The number of methoxy groups -OCH3 is 1. The van der Waals surface area contributed by atoms with Crippen molar-refractivity contribution in [3.05, 3.63) is 54.4 Å². The quantitative estimate of drug-likeness (QED) is 0.518. The molecule has 4 aromatic rings. The first-order valence-corrected chi connectivity index (χ1v) is 9.94. The van der Waals surface area contributed by atoms with Crippen molar-refractivity contribution in [2.45, 2.75) is 25.5 Å². The van der Waals surface area contributed by atoms with Crippen LogP contribution in [0.5, 0.6) is 0 Å². The van der Waals surface area contributed by atoms with E-state index >= 15 is 0 Å². The molecule has 7 nitrogen and oxygen atoms in total. The summed E-state index contributed by atoms with van der Waals surface area (Å²) in [6.45, 7) is 2.54. The average Bonchev–Trinajstić information content (AvgIpc) is 3.45. The summed E-state index contributed by atoms with van der Waals surface area (Å²) in [4.78, 5) is 17.9. The number of nitrogens with zero attached hydrogens (tertiary/aromatic N) is 5. The second-order valence-electron chi connectivity index (χ2n) is 6.83. The molecule has 2 unspecified atom stereocenters. The molecule has 4 heterocycles. The van der Waals surface area contributed by atoms with Crippen LogP contribution in [0.2, 0.25) is 0 Å². The third-order valence-corrected chi connectivity index (χ3v) is 6.16. The van der Waals surface area contributed by atoms with Gasteiger partial charge in [-0.2, -0.15) is 4.98 Å². The first-order chi connectivity index (χ1) is 13.7. The summed E-state index contributed by atoms with van der Waals surface area (Å²) in [6.07, 6.45) is 2.48. The topological polar surface area (TPSA) is 77.2 Å². The van der Waals surface area contributed by atoms with Crippen molar-refractivity contribution in [1.29, 1.82) is 0 Å². The molecule has 142 valence electrons. The number of fused-ring (bicyclic) bond motifs is 1. The molecule has 1 aromatic carbocycles. The molecule has 0 bridgehead atoms. The Balaban J connectivity index is 1.60. The first-order valence-electron chi connectivity index (χ1n) is 9.12. The van der Waals surface area contributed by atoms with Gasteiger partial charge in [-0.05, 0) is 18.6 Å². The molecule has 1 fully saturated rings. The van der Waals surface area contributed by atoms with Crippen molar-refractivity contribution in [2.24, 2.45) is 0 Å². The van der Waals surface area contributed by atoms with E-state index in [1.54, 1.807) is 24.8 Å². The molecule has 28 heavy (non-hydrogen) atoms. The molecule has 0 saturated carbocycles. The second-order valence-corrected chi connectivity index (χ2v) is 7.86. The van der Waals surface area contributed by atoms with Crippen LogP contribution in [-0.4, -0.2) is 39.9 Å². The van der Waals surface area contributed by atoms with Gasteiger partial charge in [0.1, 0.15) is 23.0 Å². The molecule has 0 radical (unpaired) electrons. The van der Waals surface area contributed by atoms with E-state index < -0.39 is 0 Å². The maximum absolute atomic E-state index is 5.64. The highest BCUT2D eigenvalue weighted by molar-refractivity contribution is 7.21. The summed E-state index contributed by atoms with van der Waals surface area (Å²) < 4.78 is 11.1. The van der Waals surface area contributed by atoms with Gasteiger partial charge in [-0.3, -0.25) is 0 Å². The zero-order valence-corrected chi connectivity index (χ0v) is 16.4. The van der Waals surface area contributed by atoms with Crippen LogP contribution >= 0.6 is 11.3 Å². The van der Waals surface area contributed by atoms with Crippen molar-refractivity contribution in [1.82, 2.24) is 20.1 Å². The summed E-state index contributed by atoms with van der Waals surface area (Å²) in [7, 11) is 1.73. The molecular formula is C20H19N5O2S. The van der Waals surface area contributed by atoms with Gasteiger partial charge in [0.05, 0.1) is 11.5 Å². The molecule has 0 spiro atoms. The fourth-order valence-electron chi connectivity index (χ4n) is 3.70. The number of rotatable bonds is 4. The Labute approximate surface area is 166 Å². The van der Waals surface area contributed by atoms with E-state index in [1.165, 1.54) is 10.4 Å². The molecule has 1 aliphatic rings. The van der Waals surface area contributed by atoms with Crippen LogP contribution in [0.1, 0.15) is 24.2 Å². The van der Waals surface area contributed by atoms with Gasteiger partial charge in [0.15, 0.2) is 5.82 Å². The minimum Gasteiger partial charge on any atom is -0.380 e. The van der Waals surface area contributed by atoms with E-state index in [9.17, 15) is 0 Å². The Morgan fingerprint density at radius 3 is 2.82 bits per heavy atom. The van der Waals surface area contributed by atoms with Crippen LogP contribution in [0.3, 0.4) is 0 Å². The zero-order chi connectivity index (χ0) is 19.1. The lowest BCUT2D eigenvalue weighted by atomic mass is 10.1. The Hall–Kier alpha value is -2.84. The van der Waals surface area contributed by atoms with Crippen molar-refractivity contribution < 1.29 is 9.26 Å². The van der Waals surface area contributed by atoms with Gasteiger partial charge < -0.3 is 14.2 Å². The molecule has 1 aliphatic heterocycles. The molecular weight excluding hydrogens is 374 g/mol. The molecule has 0 aliphatic carbocycles. The molecule has 2 atom stereocenters. The number of benzene rings is 1. The highest BCUT2D eigenvalue weighted by Crippen LogP contribution is 2.41. The van der Waals surface area contributed by atoms with Crippen LogP contribution < -0.4 is 4.90 Å². The molecule has 5 rings (SSSR count). The number of thiophene rings is 1. The molecule has 8 heteroatoms. The van der Waals surface area contributed by atoms with Gasteiger partial charge in [0.25, 0.3) is 0 Å². The normalized spacial score (nSPS) is 19.6. The predicted molar refractivity (Wildman–Crippen MR) is 107 cm³/mol. The average molecular weight is 393 g/mol. The van der Waals surface area contributed by atoms with Gasteiger partial charge >= 0.3 is 0 Å². The third kappa shape index (κ3) is 2.94. The van der Waals surface area contributed by atoms with Gasteiger partial charge in [0.2, 0.25) is 5.89 Å². The van der Waals surface area contributed by atoms with Crippen LogP contribution in [0.25, 0.3) is 20.7 Å². The number of anilines is 1. The van der Waals surface area contributed by atoms with E-state index in [0.717, 1.165) is 22.5 Å². The number of aryl methyl sites for hydroxylation is 1. The highest BCUT2D eigenvalue weighted by Gasteiger charge is 2.38. The Kier molecular flexibility index (Phi) is 4.29. The smallest absolute Gasteiger partial charge is 0.249 e. The van der Waals surface area contributed by atoms with E-state index in [1.807, 2.05) is 25.1 Å². The minimum atomic E-state index is -0.0654. The van der Waals surface area contributed by atoms with E-state index in [2.05, 4.69) is 43.2 Å². The lowest BCUT2D eigenvalue weighted by Crippen LogP contribution is -2.26. The van der Waals surface area contributed by atoms with Gasteiger partial charge in [0, 0.05) is 25.0 Å². The van der Waals surface area contributed by atoms with Crippen molar-refractivity contribution >= 4 is 27.4 Å². The fraction of sp³-hybridized carbons (Fsp3) is 0.300. The van der Waals surface area contributed by atoms with Crippen LogP contribution in [-0.2, 0) is 4.74 Å². The van der Waals surface area contributed by atoms with E-state index in [0.29, 0.717) is 18.3 Å². The second kappa shape index (κ2) is 6.96. The Bertz CT molecular complexity index is 1110. The molecule has 3 aromatic heterocycles. The molecule has 1 saturated heterocycles. The monoisotopic (exact) mass is 393 g/mol. The fourth-order valence-corrected chi connectivity index (χ4v) is 4.70. The van der Waals surface area contributed by atoms with Crippen LogP contribution in [0, 0.1) is 6.92 Å². The van der Waals surface area contributed by atoms with Gasteiger partial charge in [-0.25, -0.2) is 9.97 Å². The predicted octanol–water partition coefficient (Wildman–Crippen LogP) is 4.02. The lowest BCUT2D eigenvalue weighted by molar-refractivity contribution is 0.117. The Morgan fingerprint density at radius 1 is 1.21 bits per heavy atom. The number of hydrogen-bond acceptors (Lipinski definition) is 8. The van der Waals surface area contributed by atoms with E-state index in [-0.39, 0.29) is 12.1 Å². The molecule has 0 N–H and O–H groups in total. The minimum absolute atomic E-state index is 0.0654. The van der Waals surface area contributed by atoms with Gasteiger partial charge in [-0.15, -0.1) is 11.3 Å². The third-order valence-electron chi connectivity index (χ3n) is 5.06. The number of ether oxygens (including phenoxy) is 1. The summed E-state index contributed by atoms with van der Waals surface area (Å²) in [6, 6.07) is 12.4. The van der Waals surface area contributed by atoms with Crippen LogP contribution in [0.15, 0.2) is 47.2 Å². The summed E-state index contributed by atoms with van der Waals surface area (Å²) in [5.41, 5.74) is 1.18. The maximum Gasteiger partial charge on any atom is 0.249 e. The van der Waals surface area contributed by atoms with Gasteiger partial charge in [-0.1, -0.05) is 35.5 Å². The SMILES string of the molecule is COC1CC(c2nc(C)no2)N(c2ncnc3sc(-c4ccccc4)cc23)C1. The largest absolute Gasteiger partial charge is 0.380 e. The molecule has 0 amide bonds. The number of hydrogen-bond donors (Lipinski definition) is 0. The summed E-state index contributed by atoms with van der Waals surface area (Å²) in [5, 5.41) is 4.99. The van der Waals surface area contributed by atoms with E-state index in [4.69, 9.17) is 9.26 Å². The summed E-state index contributed by atoms with van der Waals surface area (Å²) in [5.74, 6) is 2.11. The summed E-state index contributed by atoms with van der Waals surface area (Å²) >= 11 is 1.67. The van der Waals surface area contributed by atoms with Crippen molar-refractivity contribution in [3.63, 3.8) is 0 Å². The lowest BCUT2D eigenvalue weighted by Gasteiger charge is -2.23. The maximum atomic E-state index is 5.64. The number of aromatic nitrogens is 4. The van der Waals surface area contributed by atoms with Crippen molar-refractivity contribution in [2.75, 3.05) is 18.6 Å². The highest BCUT2D eigenvalue weighted by atomic mass is 32.1. The first kappa shape index (κ1) is 17.3. The standard InChI is InChI=1S/C20H19N5O2S/c1-12-23-19(27-24-12)16-8-14(26-2)10-25(16)18-15-9-17(13-6-4-3-5-7-13)28-20(15)22-11-21-18/h3-7,9,11,14,16H,8,10H2,1-2H3. The van der Waals surface area contributed by atoms with Crippen LogP contribution in [0.4, 0.5) is 5.82 Å². The van der Waals surface area contributed by atoms with Crippen molar-refractivity contribution in [3.8, 4) is 10.4 Å².